The van der Waals surface area contributed by atoms with E-state index >= 15 is 0 Å². The molecule has 22 nitrogen and oxygen atoms in total. The largest absolute Gasteiger partial charge is 0.469 e. The molecule has 129 heavy (non-hydrogen) atoms. The number of amides is 4. The molecule has 6 saturated heterocycles. The van der Waals surface area contributed by atoms with Crippen molar-refractivity contribution in [2.45, 2.75) is 265 Å². The molecule has 0 bridgehead atoms. The number of ketones is 4. The average molecular weight is 1780 g/mol. The van der Waals surface area contributed by atoms with E-state index in [2.05, 4.69) is 58.3 Å². The zero-order chi connectivity index (χ0) is 92.2. The SMILES string of the molecule is C.CC[C@H](C)C(CC(=O)OC)C(=O)N1CCC[C@H]1C(=O)Cc1ccc([C@@H]2CC[C@@H](c3ccc(CC(=O)[C@@H]4CCCN4C(=O)[C@@H](CC(=O)OC)[C@@H](C)CC)cc3)N2c2ccc(F)cc2)cc1.CC[C@H](C)[C@H](CC(=O)OC)C(=O)N1CCC[C@H]1C(=O)Cc1ccc([C@H]2CC[C@H](c3ccc(CC(=O)[C@@H]4CCCN4C(=O)[C@@H](CC(=O)OC)[C@@H](C)CC)cc3)N2c2ccc(F)cc2)cc1. The minimum absolute atomic E-state index is 0. The highest BCUT2D eigenvalue weighted by Gasteiger charge is 2.46. The van der Waals surface area contributed by atoms with Gasteiger partial charge in [0.2, 0.25) is 23.6 Å². The second-order valence-corrected chi connectivity index (χ2v) is 36.4. The molecule has 6 aromatic rings. The summed E-state index contributed by atoms with van der Waals surface area (Å²) in [5, 5.41) is 0. The minimum Gasteiger partial charge on any atom is -0.469 e. The molecular formula is C105H136F2N6O16. The Labute approximate surface area is 761 Å². The first-order valence-electron chi connectivity index (χ1n) is 46.6. The predicted molar refractivity (Wildman–Crippen MR) is 492 cm³/mol. The first-order chi connectivity index (χ1) is 61.5. The molecule has 4 amide bonds. The first-order valence-corrected chi connectivity index (χ1v) is 46.6. The van der Waals surface area contributed by atoms with Crippen LogP contribution in [-0.4, -0.2) is 169 Å². The summed E-state index contributed by atoms with van der Waals surface area (Å²) in [5.74, 6) is -5.28. The van der Waals surface area contributed by atoms with Crippen LogP contribution in [0, 0.1) is 59.0 Å². The smallest absolute Gasteiger partial charge is 0.306 e. The Bertz CT molecular complexity index is 4260. The number of methoxy groups -OCH3 is 4. The second kappa shape index (κ2) is 47.2. The van der Waals surface area contributed by atoms with Gasteiger partial charge in [-0.25, -0.2) is 8.78 Å². The van der Waals surface area contributed by atoms with E-state index in [1.165, 1.54) is 52.7 Å². The van der Waals surface area contributed by atoms with Crippen LogP contribution >= 0.6 is 0 Å². The van der Waals surface area contributed by atoms with Crippen molar-refractivity contribution in [3.8, 4) is 0 Å². The normalized spacial score (nSPS) is 21.4. The number of ether oxygens (including phenoxy) is 4. The number of carbonyl (C=O) groups is 12. The lowest BCUT2D eigenvalue weighted by atomic mass is 9.87. The van der Waals surface area contributed by atoms with E-state index < -0.39 is 71.7 Å². The molecule has 6 heterocycles. The summed E-state index contributed by atoms with van der Waals surface area (Å²) >= 11 is 0. The zero-order valence-electron chi connectivity index (χ0n) is 76.9. The summed E-state index contributed by atoms with van der Waals surface area (Å²) in [5.41, 5.74) is 9.47. The fourth-order valence-corrected chi connectivity index (χ4v) is 20.2. The Morgan fingerprint density at radius 3 is 0.674 bits per heavy atom. The standard InChI is InChI=1S/2C52H66FN3O8.CH4/c2*1-7-33(3)41(31-49(59)63-5)51(61)54-27-9-11-45(54)47(57)29-35-13-17-37(18-14-35)43-25-26-44(56(43)40-23-21-39(53)22-24-40)38-19-15-36(16-20-38)30-48(58)46-12-10-28-55(46)52(62)42(34(4)8-2)32-50(60)64-6;/h2*13-24,33-34,41-46H,7-12,25-32H2,1-6H3;1H4/t33-,34-,41-,42?,43-,44-,45-,46-;33-,34-,41-,42-,43+,44+,45-,46-;/m00./s1. The lowest BCUT2D eigenvalue weighted by Crippen LogP contribution is -2.46. The van der Waals surface area contributed by atoms with Crippen LogP contribution in [0.3, 0.4) is 0 Å². The van der Waals surface area contributed by atoms with E-state index in [1.54, 1.807) is 43.9 Å². The molecule has 16 atom stereocenters. The quantitative estimate of drug-likeness (QED) is 0.0258. The highest BCUT2D eigenvalue weighted by Crippen LogP contribution is 2.50. The molecule has 0 aromatic heterocycles. The summed E-state index contributed by atoms with van der Waals surface area (Å²) in [6.07, 6.45) is 12.3. The summed E-state index contributed by atoms with van der Waals surface area (Å²) in [7, 11) is 5.29. The van der Waals surface area contributed by atoms with Crippen molar-refractivity contribution in [1.82, 2.24) is 19.6 Å². The minimum atomic E-state index is -0.535. The van der Waals surface area contributed by atoms with Gasteiger partial charge in [0.05, 0.1) is 126 Å². The Kier molecular flexibility index (Phi) is 36.7. The number of likely N-dealkylation sites (tertiary alicyclic amines) is 4. The van der Waals surface area contributed by atoms with E-state index in [1.807, 2.05) is 104 Å². The van der Waals surface area contributed by atoms with Crippen LogP contribution in [0.5, 0.6) is 0 Å². The Morgan fingerprint density at radius 1 is 0.302 bits per heavy atom. The van der Waals surface area contributed by atoms with Gasteiger partial charge < -0.3 is 48.3 Å². The van der Waals surface area contributed by atoms with Crippen LogP contribution in [0.2, 0.25) is 0 Å². The number of halogens is 2. The summed E-state index contributed by atoms with van der Waals surface area (Å²) in [6, 6.07) is 43.2. The molecule has 12 rings (SSSR count). The van der Waals surface area contributed by atoms with Gasteiger partial charge in [-0.2, -0.15) is 0 Å². The van der Waals surface area contributed by atoms with Crippen molar-refractivity contribution in [3.63, 3.8) is 0 Å². The second-order valence-electron chi connectivity index (χ2n) is 36.4. The summed E-state index contributed by atoms with van der Waals surface area (Å²) in [6.45, 7) is 17.8. The van der Waals surface area contributed by atoms with Crippen LogP contribution < -0.4 is 9.80 Å². The number of anilines is 2. The van der Waals surface area contributed by atoms with Gasteiger partial charge in [0, 0.05) is 63.2 Å². The number of Topliss-reactive ketones (excluding diaryl/α,β-unsaturated/α-hetero) is 4. The van der Waals surface area contributed by atoms with Crippen LogP contribution in [0.4, 0.5) is 20.2 Å². The molecule has 6 aliphatic rings. The maximum atomic E-state index is 14.2. The number of benzene rings is 6. The Balaban J connectivity index is 0.000000266. The monoisotopic (exact) mass is 1770 g/mol. The van der Waals surface area contributed by atoms with Gasteiger partial charge in [0.1, 0.15) is 11.6 Å². The highest BCUT2D eigenvalue weighted by atomic mass is 19.1. The van der Waals surface area contributed by atoms with Gasteiger partial charge in [-0.15, -0.1) is 0 Å². The Hall–Kier alpha value is -10.8. The lowest BCUT2D eigenvalue weighted by molar-refractivity contribution is -0.149. The highest BCUT2D eigenvalue weighted by molar-refractivity contribution is 5.96. The molecular weight excluding hydrogens is 1640 g/mol. The van der Waals surface area contributed by atoms with Crippen LogP contribution in [-0.2, 0) is 102 Å². The third kappa shape index (κ3) is 24.7. The third-order valence-corrected chi connectivity index (χ3v) is 28.7. The van der Waals surface area contributed by atoms with Crippen molar-refractivity contribution >= 4 is 82.0 Å². The molecule has 1 unspecified atom stereocenters. The van der Waals surface area contributed by atoms with E-state index in [4.69, 9.17) is 18.9 Å². The molecule has 0 spiro atoms. The van der Waals surface area contributed by atoms with Crippen LogP contribution in [0.1, 0.15) is 260 Å². The van der Waals surface area contributed by atoms with E-state index in [0.717, 1.165) is 133 Å². The Morgan fingerprint density at radius 2 is 0.496 bits per heavy atom. The van der Waals surface area contributed by atoms with E-state index in [-0.39, 0.29) is 165 Å². The number of carbonyl (C=O) groups excluding carboxylic acids is 12. The molecule has 696 valence electrons. The molecule has 6 aromatic carbocycles. The molecule has 0 saturated carbocycles. The van der Waals surface area contributed by atoms with Gasteiger partial charge in [0.15, 0.2) is 23.1 Å². The van der Waals surface area contributed by atoms with Gasteiger partial charge in [-0.05, 0) is 194 Å². The van der Waals surface area contributed by atoms with Gasteiger partial charge in [0.25, 0.3) is 0 Å². The van der Waals surface area contributed by atoms with Crippen LogP contribution in [0.15, 0.2) is 146 Å². The molecule has 6 aliphatic heterocycles. The topological polar surface area (TPSA) is 261 Å². The van der Waals surface area contributed by atoms with Gasteiger partial charge in [-0.1, -0.05) is 186 Å². The zero-order valence-corrected chi connectivity index (χ0v) is 76.9. The third-order valence-electron chi connectivity index (χ3n) is 28.7. The van der Waals surface area contributed by atoms with Crippen molar-refractivity contribution in [1.29, 1.82) is 0 Å². The molecule has 0 radical (unpaired) electrons. The van der Waals surface area contributed by atoms with E-state index in [9.17, 15) is 66.3 Å². The molecule has 0 N–H and O–H groups in total. The van der Waals surface area contributed by atoms with Crippen molar-refractivity contribution in [2.24, 2.45) is 47.3 Å². The van der Waals surface area contributed by atoms with Crippen LogP contribution in [0.25, 0.3) is 0 Å². The first kappa shape index (κ1) is 100. The van der Waals surface area contributed by atoms with Gasteiger partial charge >= 0.3 is 23.9 Å². The maximum Gasteiger partial charge on any atom is 0.306 e. The fraction of sp³-hybridized carbons (Fsp3) is 0.543. The fourth-order valence-electron chi connectivity index (χ4n) is 20.2. The molecule has 6 fully saturated rings. The summed E-state index contributed by atoms with van der Waals surface area (Å²) in [4.78, 5) is 170. The van der Waals surface area contributed by atoms with E-state index in [0.29, 0.717) is 51.9 Å². The molecule has 0 aliphatic carbocycles. The predicted octanol–water partition coefficient (Wildman–Crippen LogP) is 17.8. The number of esters is 4. The number of nitrogens with zero attached hydrogens (tertiary/aromatic N) is 6. The maximum absolute atomic E-state index is 14.2. The molecule has 24 heteroatoms. The van der Waals surface area contributed by atoms with Crippen molar-refractivity contribution in [2.75, 3.05) is 64.4 Å². The lowest BCUT2D eigenvalue weighted by Gasteiger charge is -2.33. The summed E-state index contributed by atoms with van der Waals surface area (Å²) < 4.78 is 48.0. The number of hydrogen-bond donors (Lipinski definition) is 0. The number of rotatable bonds is 38. The average Bonchev–Trinajstić information content (AvgIpc) is 1.63. The van der Waals surface area contributed by atoms with Crippen molar-refractivity contribution < 1.29 is 85.3 Å². The van der Waals surface area contributed by atoms with Crippen molar-refractivity contribution in [3.05, 3.63) is 202 Å². The number of hydrogen-bond acceptors (Lipinski definition) is 18. The van der Waals surface area contributed by atoms with Gasteiger partial charge in [-0.3, -0.25) is 57.5 Å².